The molecule has 1 aliphatic heterocycles. The predicted molar refractivity (Wildman–Crippen MR) is 71.4 cm³/mol. The quantitative estimate of drug-likeness (QED) is 0.721. The second-order valence-electron chi connectivity index (χ2n) is 4.65. The van der Waals surface area contributed by atoms with E-state index < -0.39 is 11.7 Å². The lowest BCUT2D eigenvalue weighted by Gasteiger charge is -2.23. The van der Waals surface area contributed by atoms with Crippen LogP contribution in [-0.2, 0) is 4.74 Å². The van der Waals surface area contributed by atoms with Gasteiger partial charge in [0.15, 0.2) is 0 Å². The molecule has 104 valence electrons. The Morgan fingerprint density at radius 1 is 1.47 bits per heavy atom. The van der Waals surface area contributed by atoms with Crippen molar-refractivity contribution in [2.75, 3.05) is 24.2 Å². The molecule has 0 bridgehead atoms. The molecule has 1 saturated heterocycles. The molecule has 1 aromatic carbocycles. The zero-order chi connectivity index (χ0) is 13.8. The third-order valence-electron chi connectivity index (χ3n) is 3.20. The minimum Gasteiger partial charge on any atom is -0.398 e. The van der Waals surface area contributed by atoms with Crippen LogP contribution in [0.25, 0.3) is 0 Å². The van der Waals surface area contributed by atoms with E-state index in [1.54, 1.807) is 0 Å². The van der Waals surface area contributed by atoms with Gasteiger partial charge in [0.25, 0.3) is 5.91 Å². The second-order valence-corrected chi connectivity index (χ2v) is 4.65. The van der Waals surface area contributed by atoms with Gasteiger partial charge in [-0.2, -0.15) is 0 Å². The minimum atomic E-state index is -0.672. The Morgan fingerprint density at radius 2 is 2.26 bits per heavy atom. The molecule has 5 N–H and O–H groups in total. The first-order chi connectivity index (χ1) is 9.08. The molecule has 1 aromatic rings. The topological polar surface area (TPSA) is 90.4 Å². The second kappa shape index (κ2) is 5.88. The molecule has 0 aromatic heterocycles. The molecule has 1 fully saturated rings. The summed E-state index contributed by atoms with van der Waals surface area (Å²) in [6.45, 7) is 1.24. The average Bonchev–Trinajstić information content (AvgIpc) is 2.38. The molecule has 1 aliphatic rings. The normalized spacial score (nSPS) is 19.1. The molecule has 1 atom stereocenters. The molecular formula is C13H18FN3O2. The van der Waals surface area contributed by atoms with E-state index in [1.807, 2.05) is 0 Å². The van der Waals surface area contributed by atoms with E-state index in [9.17, 15) is 9.18 Å². The van der Waals surface area contributed by atoms with Crippen LogP contribution in [0.1, 0.15) is 29.6 Å². The van der Waals surface area contributed by atoms with Gasteiger partial charge in [-0.15, -0.1) is 0 Å². The lowest BCUT2D eigenvalue weighted by Crippen LogP contribution is -2.27. The highest BCUT2D eigenvalue weighted by molar-refractivity contribution is 5.99. The zero-order valence-electron chi connectivity index (χ0n) is 10.6. The van der Waals surface area contributed by atoms with Gasteiger partial charge in [0.1, 0.15) is 5.82 Å². The number of hydrogen-bond acceptors (Lipinski definition) is 4. The number of nitrogens with one attached hydrogen (secondary N) is 1. The summed E-state index contributed by atoms with van der Waals surface area (Å²) >= 11 is 0. The summed E-state index contributed by atoms with van der Waals surface area (Å²) in [4.78, 5) is 11.2. The number of amides is 1. The maximum atomic E-state index is 13.7. The van der Waals surface area contributed by atoms with E-state index in [2.05, 4.69) is 5.32 Å². The maximum absolute atomic E-state index is 13.7. The van der Waals surface area contributed by atoms with Gasteiger partial charge in [-0.25, -0.2) is 4.39 Å². The Hall–Kier alpha value is -1.82. The van der Waals surface area contributed by atoms with Crippen LogP contribution in [0.15, 0.2) is 12.1 Å². The third-order valence-corrected chi connectivity index (χ3v) is 3.20. The first-order valence-corrected chi connectivity index (χ1v) is 6.32. The Bertz CT molecular complexity index is 473. The lowest BCUT2D eigenvalue weighted by atomic mass is 10.1. The van der Waals surface area contributed by atoms with Gasteiger partial charge in [-0.05, 0) is 31.4 Å². The number of carbonyl (C=O) groups excluding carboxylic acids is 1. The van der Waals surface area contributed by atoms with E-state index in [1.165, 1.54) is 6.07 Å². The van der Waals surface area contributed by atoms with Crippen molar-refractivity contribution < 1.29 is 13.9 Å². The summed E-state index contributed by atoms with van der Waals surface area (Å²) < 4.78 is 19.3. The molecule has 0 spiro atoms. The van der Waals surface area contributed by atoms with Gasteiger partial charge in [0, 0.05) is 18.8 Å². The van der Waals surface area contributed by atoms with Gasteiger partial charge in [0.2, 0.25) is 0 Å². The minimum absolute atomic E-state index is 0.0458. The number of hydrogen-bond donors (Lipinski definition) is 3. The van der Waals surface area contributed by atoms with Crippen molar-refractivity contribution in [1.82, 2.24) is 0 Å². The van der Waals surface area contributed by atoms with E-state index in [0.717, 1.165) is 31.9 Å². The molecule has 5 nitrogen and oxygen atoms in total. The Balaban J connectivity index is 2.06. The van der Waals surface area contributed by atoms with Gasteiger partial charge < -0.3 is 21.5 Å². The SMILES string of the molecule is NC(=O)c1cc(NCC2CCCCO2)c(F)cc1N. The van der Waals surface area contributed by atoms with E-state index >= 15 is 0 Å². The average molecular weight is 267 g/mol. The van der Waals surface area contributed by atoms with Gasteiger partial charge in [-0.3, -0.25) is 4.79 Å². The molecule has 1 unspecified atom stereocenters. The molecule has 0 aliphatic carbocycles. The fraction of sp³-hybridized carbons (Fsp3) is 0.462. The molecule has 1 heterocycles. The fourth-order valence-corrected chi connectivity index (χ4v) is 2.13. The highest BCUT2D eigenvalue weighted by Crippen LogP contribution is 2.22. The zero-order valence-corrected chi connectivity index (χ0v) is 10.6. The van der Waals surface area contributed by atoms with Crippen molar-refractivity contribution in [1.29, 1.82) is 0 Å². The highest BCUT2D eigenvalue weighted by Gasteiger charge is 2.16. The molecule has 19 heavy (non-hydrogen) atoms. The number of halogens is 1. The number of ether oxygens (including phenoxy) is 1. The fourth-order valence-electron chi connectivity index (χ4n) is 2.13. The molecule has 6 heteroatoms. The summed E-state index contributed by atoms with van der Waals surface area (Å²) in [5.41, 5.74) is 11.1. The highest BCUT2D eigenvalue weighted by atomic mass is 19.1. The number of nitrogens with two attached hydrogens (primary N) is 2. The molecule has 0 radical (unpaired) electrons. The lowest BCUT2D eigenvalue weighted by molar-refractivity contribution is 0.0247. The number of nitrogen functional groups attached to an aromatic ring is 1. The number of carbonyl (C=O) groups is 1. The van der Waals surface area contributed by atoms with Crippen molar-refractivity contribution in [2.45, 2.75) is 25.4 Å². The van der Waals surface area contributed by atoms with Crippen molar-refractivity contribution >= 4 is 17.3 Å². The third kappa shape index (κ3) is 3.35. The van der Waals surface area contributed by atoms with Crippen LogP contribution in [-0.4, -0.2) is 25.2 Å². The van der Waals surface area contributed by atoms with E-state index in [-0.39, 0.29) is 23.0 Å². The van der Waals surface area contributed by atoms with Crippen molar-refractivity contribution in [3.63, 3.8) is 0 Å². The number of rotatable bonds is 4. The largest absolute Gasteiger partial charge is 0.398 e. The summed E-state index contributed by atoms with van der Waals surface area (Å²) in [6.07, 6.45) is 3.20. The van der Waals surface area contributed by atoms with E-state index in [0.29, 0.717) is 6.54 Å². The van der Waals surface area contributed by atoms with Crippen LogP contribution in [0, 0.1) is 5.82 Å². The van der Waals surface area contributed by atoms with Crippen LogP contribution < -0.4 is 16.8 Å². The van der Waals surface area contributed by atoms with Crippen LogP contribution in [0.3, 0.4) is 0 Å². The smallest absolute Gasteiger partial charge is 0.250 e. The number of benzene rings is 1. The van der Waals surface area contributed by atoms with Crippen LogP contribution in [0.2, 0.25) is 0 Å². The number of primary amides is 1. The Morgan fingerprint density at radius 3 is 2.89 bits per heavy atom. The van der Waals surface area contributed by atoms with E-state index in [4.69, 9.17) is 16.2 Å². The number of anilines is 2. The predicted octanol–water partition coefficient (Wildman–Crippen LogP) is 1.49. The van der Waals surface area contributed by atoms with Gasteiger partial charge in [0.05, 0.1) is 17.4 Å². The molecule has 1 amide bonds. The summed E-state index contributed by atoms with van der Waals surface area (Å²) in [5, 5.41) is 2.94. The summed E-state index contributed by atoms with van der Waals surface area (Å²) in [6, 6.07) is 2.44. The monoisotopic (exact) mass is 267 g/mol. The van der Waals surface area contributed by atoms with Crippen molar-refractivity contribution in [2.24, 2.45) is 5.73 Å². The molecule has 2 rings (SSSR count). The van der Waals surface area contributed by atoms with Crippen LogP contribution >= 0.6 is 0 Å². The first-order valence-electron chi connectivity index (χ1n) is 6.32. The van der Waals surface area contributed by atoms with Crippen molar-refractivity contribution in [3.05, 3.63) is 23.5 Å². The molecular weight excluding hydrogens is 249 g/mol. The van der Waals surface area contributed by atoms with Crippen LogP contribution in [0.4, 0.5) is 15.8 Å². The Kier molecular flexibility index (Phi) is 4.21. The summed E-state index contributed by atoms with van der Waals surface area (Å²) in [7, 11) is 0. The van der Waals surface area contributed by atoms with Gasteiger partial charge >= 0.3 is 0 Å². The summed E-state index contributed by atoms with van der Waals surface area (Å²) in [5.74, 6) is -1.17. The Labute approximate surface area is 111 Å². The van der Waals surface area contributed by atoms with Crippen molar-refractivity contribution in [3.8, 4) is 0 Å². The van der Waals surface area contributed by atoms with Gasteiger partial charge in [-0.1, -0.05) is 0 Å². The molecule has 0 saturated carbocycles. The first kappa shape index (κ1) is 13.6. The van der Waals surface area contributed by atoms with Crippen LogP contribution in [0.5, 0.6) is 0 Å². The standard InChI is InChI=1S/C13H18FN3O2/c14-10-6-11(15)9(13(16)18)5-12(10)17-7-8-3-1-2-4-19-8/h5-6,8,17H,1-4,7,15H2,(H2,16,18). The maximum Gasteiger partial charge on any atom is 0.250 e.